The van der Waals surface area contributed by atoms with E-state index in [1.54, 1.807) is 6.92 Å². The van der Waals surface area contributed by atoms with E-state index in [9.17, 15) is 0 Å². The Morgan fingerprint density at radius 2 is 2.33 bits per heavy atom. The lowest BCUT2D eigenvalue weighted by molar-refractivity contribution is 0.376. The highest BCUT2D eigenvalue weighted by Crippen LogP contribution is 1.96. The first-order chi connectivity index (χ1) is 7.08. The molecule has 6 nitrogen and oxygen atoms in total. The van der Waals surface area contributed by atoms with Gasteiger partial charge < -0.3 is 15.6 Å². The summed E-state index contributed by atoms with van der Waals surface area (Å²) in [6.45, 7) is 6.34. The van der Waals surface area contributed by atoms with Crippen LogP contribution < -0.4 is 11.1 Å². The van der Waals surface area contributed by atoms with Crippen molar-refractivity contribution in [2.75, 3.05) is 6.54 Å². The Bertz CT molecular complexity index is 331. The predicted octanol–water partition coefficient (Wildman–Crippen LogP) is 0.233. The number of nitrogens with two attached hydrogens (primary N) is 1. The predicted molar refractivity (Wildman–Crippen MR) is 57.5 cm³/mol. The highest BCUT2D eigenvalue weighted by molar-refractivity contribution is 5.78. The molecule has 1 rings (SSSR count). The average molecular weight is 211 g/mol. The lowest BCUT2D eigenvalue weighted by Gasteiger charge is -2.07. The lowest BCUT2D eigenvalue weighted by Crippen LogP contribution is -2.36. The first kappa shape index (κ1) is 11.5. The van der Waals surface area contributed by atoms with Crippen LogP contribution in [0.1, 0.15) is 25.6 Å². The molecule has 0 aliphatic heterocycles. The number of guanidine groups is 1. The monoisotopic (exact) mass is 211 g/mol. The van der Waals surface area contributed by atoms with Crippen LogP contribution in [-0.2, 0) is 6.42 Å². The molecule has 0 atom stereocenters. The molecule has 1 aromatic rings. The third-order valence-electron chi connectivity index (χ3n) is 1.61. The van der Waals surface area contributed by atoms with E-state index >= 15 is 0 Å². The van der Waals surface area contributed by atoms with E-state index < -0.39 is 0 Å². The minimum absolute atomic E-state index is 0.291. The minimum atomic E-state index is 0.291. The SMILES string of the molecule is Cc1noc(CCN=C(N)NC(C)C)n1. The van der Waals surface area contributed by atoms with Gasteiger partial charge in [0.15, 0.2) is 11.8 Å². The number of nitrogens with one attached hydrogen (secondary N) is 1. The van der Waals surface area contributed by atoms with Gasteiger partial charge in [0.1, 0.15) is 0 Å². The molecule has 0 radical (unpaired) electrons. The van der Waals surface area contributed by atoms with E-state index in [0.29, 0.717) is 36.7 Å². The van der Waals surface area contributed by atoms with Gasteiger partial charge in [-0.25, -0.2) is 0 Å². The van der Waals surface area contributed by atoms with Gasteiger partial charge in [-0.05, 0) is 20.8 Å². The number of aryl methyl sites for hydroxylation is 1. The molecule has 0 bridgehead atoms. The number of aromatic nitrogens is 2. The Morgan fingerprint density at radius 3 is 2.87 bits per heavy atom. The van der Waals surface area contributed by atoms with E-state index in [1.165, 1.54) is 0 Å². The van der Waals surface area contributed by atoms with E-state index in [-0.39, 0.29) is 0 Å². The van der Waals surface area contributed by atoms with E-state index in [0.717, 1.165) is 0 Å². The van der Waals surface area contributed by atoms with Crippen molar-refractivity contribution >= 4 is 5.96 Å². The zero-order chi connectivity index (χ0) is 11.3. The molecule has 3 N–H and O–H groups in total. The van der Waals surface area contributed by atoms with Crippen molar-refractivity contribution in [3.63, 3.8) is 0 Å². The summed E-state index contributed by atoms with van der Waals surface area (Å²) in [7, 11) is 0. The molecule has 0 spiro atoms. The van der Waals surface area contributed by atoms with Crippen LogP contribution in [0, 0.1) is 6.92 Å². The van der Waals surface area contributed by atoms with Crippen molar-refractivity contribution in [2.45, 2.75) is 33.2 Å². The number of hydrogen-bond donors (Lipinski definition) is 2. The summed E-state index contributed by atoms with van der Waals surface area (Å²) in [6, 6.07) is 0.291. The van der Waals surface area contributed by atoms with Gasteiger partial charge in [0, 0.05) is 12.5 Å². The highest BCUT2D eigenvalue weighted by Gasteiger charge is 2.01. The van der Waals surface area contributed by atoms with Gasteiger partial charge >= 0.3 is 0 Å². The zero-order valence-electron chi connectivity index (χ0n) is 9.32. The van der Waals surface area contributed by atoms with Crippen molar-refractivity contribution in [2.24, 2.45) is 10.7 Å². The largest absolute Gasteiger partial charge is 0.370 e. The standard InChI is InChI=1S/C9H17N5O/c1-6(2)12-9(10)11-5-4-8-13-7(3)14-15-8/h6H,4-5H2,1-3H3,(H3,10,11,12). The number of rotatable bonds is 4. The molecule has 0 saturated heterocycles. The Balaban J connectivity index is 2.32. The van der Waals surface area contributed by atoms with Gasteiger partial charge in [0.25, 0.3) is 0 Å². The van der Waals surface area contributed by atoms with Crippen LogP contribution in [0.25, 0.3) is 0 Å². The van der Waals surface area contributed by atoms with Crippen LogP contribution in [-0.4, -0.2) is 28.7 Å². The van der Waals surface area contributed by atoms with Crippen molar-refractivity contribution in [3.05, 3.63) is 11.7 Å². The third-order valence-corrected chi connectivity index (χ3v) is 1.61. The normalized spacial score (nSPS) is 12.1. The van der Waals surface area contributed by atoms with Crippen molar-refractivity contribution in [1.82, 2.24) is 15.5 Å². The van der Waals surface area contributed by atoms with Crippen molar-refractivity contribution in [1.29, 1.82) is 0 Å². The number of hydrogen-bond acceptors (Lipinski definition) is 4. The molecule has 0 saturated carbocycles. The van der Waals surface area contributed by atoms with Crippen LogP contribution in [0.3, 0.4) is 0 Å². The maximum atomic E-state index is 5.62. The van der Waals surface area contributed by atoms with E-state index in [2.05, 4.69) is 20.4 Å². The number of nitrogens with zero attached hydrogens (tertiary/aromatic N) is 3. The molecule has 1 heterocycles. The Hall–Kier alpha value is -1.59. The topological polar surface area (TPSA) is 89.3 Å². The van der Waals surface area contributed by atoms with Gasteiger partial charge in [-0.15, -0.1) is 0 Å². The van der Waals surface area contributed by atoms with Gasteiger partial charge in [0.2, 0.25) is 5.89 Å². The molecule has 0 unspecified atom stereocenters. The summed E-state index contributed by atoms with van der Waals surface area (Å²) in [4.78, 5) is 8.18. The number of aliphatic imine (C=N–C) groups is 1. The summed E-state index contributed by atoms with van der Waals surface area (Å²) in [5.41, 5.74) is 5.62. The Morgan fingerprint density at radius 1 is 1.60 bits per heavy atom. The molecule has 0 fully saturated rings. The van der Waals surface area contributed by atoms with Gasteiger partial charge in [-0.3, -0.25) is 4.99 Å². The van der Waals surface area contributed by atoms with Crippen molar-refractivity contribution in [3.8, 4) is 0 Å². The molecule has 0 aromatic carbocycles. The van der Waals surface area contributed by atoms with Crippen molar-refractivity contribution < 1.29 is 4.52 Å². The smallest absolute Gasteiger partial charge is 0.228 e. The second-order valence-electron chi connectivity index (χ2n) is 3.55. The molecular weight excluding hydrogens is 194 g/mol. The Kier molecular flexibility index (Phi) is 4.08. The highest BCUT2D eigenvalue weighted by atomic mass is 16.5. The Labute approximate surface area is 89.0 Å². The summed E-state index contributed by atoms with van der Waals surface area (Å²) in [5.74, 6) is 1.68. The van der Waals surface area contributed by atoms with Crippen LogP contribution in [0.15, 0.2) is 9.52 Å². The molecule has 84 valence electrons. The molecule has 0 aliphatic carbocycles. The fraction of sp³-hybridized carbons (Fsp3) is 0.667. The first-order valence-electron chi connectivity index (χ1n) is 4.93. The second-order valence-corrected chi connectivity index (χ2v) is 3.55. The van der Waals surface area contributed by atoms with Crippen LogP contribution in [0.5, 0.6) is 0 Å². The van der Waals surface area contributed by atoms with E-state index in [4.69, 9.17) is 10.3 Å². The van der Waals surface area contributed by atoms with Gasteiger partial charge in [-0.1, -0.05) is 5.16 Å². The molecule has 15 heavy (non-hydrogen) atoms. The molecule has 1 aromatic heterocycles. The fourth-order valence-electron chi connectivity index (χ4n) is 1.05. The maximum absolute atomic E-state index is 5.62. The third kappa shape index (κ3) is 4.44. The van der Waals surface area contributed by atoms with Gasteiger partial charge in [-0.2, -0.15) is 4.98 Å². The zero-order valence-corrected chi connectivity index (χ0v) is 9.32. The summed E-state index contributed by atoms with van der Waals surface area (Å²) >= 11 is 0. The molecular formula is C9H17N5O. The summed E-state index contributed by atoms with van der Waals surface area (Å²) in [6.07, 6.45) is 0.612. The second kappa shape index (κ2) is 5.33. The summed E-state index contributed by atoms with van der Waals surface area (Å²) in [5, 5.41) is 6.68. The van der Waals surface area contributed by atoms with Crippen LogP contribution >= 0.6 is 0 Å². The first-order valence-corrected chi connectivity index (χ1v) is 4.93. The van der Waals surface area contributed by atoms with Crippen LogP contribution in [0.4, 0.5) is 0 Å². The molecule has 0 amide bonds. The summed E-state index contributed by atoms with van der Waals surface area (Å²) < 4.78 is 4.94. The van der Waals surface area contributed by atoms with Gasteiger partial charge in [0.05, 0.1) is 6.54 Å². The quantitative estimate of drug-likeness (QED) is 0.550. The molecule has 0 aliphatic rings. The maximum Gasteiger partial charge on any atom is 0.228 e. The lowest BCUT2D eigenvalue weighted by atomic mass is 10.4. The van der Waals surface area contributed by atoms with E-state index in [1.807, 2.05) is 13.8 Å². The van der Waals surface area contributed by atoms with Crippen LogP contribution in [0.2, 0.25) is 0 Å². The fourth-order valence-corrected chi connectivity index (χ4v) is 1.05. The average Bonchev–Trinajstić information content (AvgIpc) is 2.50. The molecule has 6 heteroatoms. The minimum Gasteiger partial charge on any atom is -0.370 e.